The predicted octanol–water partition coefficient (Wildman–Crippen LogP) is 5.37. The number of aryl methyl sites for hydroxylation is 1. The summed E-state index contributed by atoms with van der Waals surface area (Å²) in [5, 5.41) is 25.0. The summed E-state index contributed by atoms with van der Waals surface area (Å²) in [6.07, 6.45) is 0.666. The number of nitrogens with zero attached hydrogens (tertiary/aromatic N) is 1. The number of urea groups is 1. The number of aromatic nitrogens is 1. The Balaban J connectivity index is 1.46. The molecule has 14 heteroatoms. The zero-order chi connectivity index (χ0) is 29.7. The summed E-state index contributed by atoms with van der Waals surface area (Å²) in [6, 6.07) is 8.49. The number of thiophene rings is 1. The number of carbonyl (C=O) groups excluding carboxylic acids is 2. The lowest BCUT2D eigenvalue weighted by molar-refractivity contribution is -0.140. The lowest BCUT2D eigenvalue weighted by Crippen LogP contribution is -2.40. The van der Waals surface area contributed by atoms with E-state index in [0.29, 0.717) is 10.2 Å². The second-order valence-electron chi connectivity index (χ2n) is 8.74. The third kappa shape index (κ3) is 7.30. The SMILES string of the molecule is Cc1ccc(F)c(NC(=O)Nc2ccc(Oc3ccnc4cc(C(=O)N[C@@H](CCC(=O)O)C(=O)O)sc34)cc2F)c1. The number of hydrogen-bond donors (Lipinski definition) is 5. The Hall–Kier alpha value is -5.11. The normalized spacial score (nSPS) is 11.5. The minimum absolute atomic E-state index is 0.0599. The summed E-state index contributed by atoms with van der Waals surface area (Å²) in [4.78, 5) is 51.4. The summed E-state index contributed by atoms with van der Waals surface area (Å²) < 4.78 is 34.9. The first-order valence-corrected chi connectivity index (χ1v) is 12.8. The van der Waals surface area contributed by atoms with Crippen LogP contribution in [0.15, 0.2) is 54.7 Å². The average molecular weight is 585 g/mol. The maximum Gasteiger partial charge on any atom is 0.326 e. The number of nitrogens with one attached hydrogen (secondary N) is 3. The topological polar surface area (TPSA) is 167 Å². The van der Waals surface area contributed by atoms with Gasteiger partial charge in [-0.15, -0.1) is 11.3 Å². The van der Waals surface area contributed by atoms with Gasteiger partial charge < -0.3 is 30.9 Å². The molecule has 4 rings (SSSR count). The molecule has 0 bridgehead atoms. The Kier molecular flexibility index (Phi) is 8.72. The number of carboxylic acids is 2. The van der Waals surface area contributed by atoms with Crippen LogP contribution in [0.25, 0.3) is 10.2 Å². The van der Waals surface area contributed by atoms with Gasteiger partial charge in [-0.3, -0.25) is 14.6 Å². The molecule has 4 aromatic rings. The number of fused-ring (bicyclic) bond motifs is 1. The van der Waals surface area contributed by atoms with Gasteiger partial charge in [0.15, 0.2) is 0 Å². The van der Waals surface area contributed by atoms with E-state index < -0.39 is 48.0 Å². The second kappa shape index (κ2) is 12.4. The van der Waals surface area contributed by atoms with Crippen molar-refractivity contribution in [1.29, 1.82) is 0 Å². The zero-order valence-electron chi connectivity index (χ0n) is 21.2. The molecule has 2 heterocycles. The van der Waals surface area contributed by atoms with Crippen molar-refractivity contribution in [2.45, 2.75) is 25.8 Å². The van der Waals surface area contributed by atoms with Crippen LogP contribution in [-0.4, -0.2) is 45.1 Å². The van der Waals surface area contributed by atoms with Crippen LogP contribution in [0.3, 0.4) is 0 Å². The highest BCUT2D eigenvalue weighted by atomic mass is 32.1. The van der Waals surface area contributed by atoms with Gasteiger partial charge in [0.25, 0.3) is 5.91 Å². The molecular formula is C27H22F2N4O7S. The summed E-state index contributed by atoms with van der Waals surface area (Å²) in [5.41, 5.74) is 0.827. The first-order valence-electron chi connectivity index (χ1n) is 12.0. The third-order valence-corrected chi connectivity index (χ3v) is 6.77. The van der Waals surface area contributed by atoms with Crippen LogP contribution in [0.1, 0.15) is 28.1 Å². The molecule has 0 spiro atoms. The Morgan fingerprint density at radius 3 is 2.44 bits per heavy atom. The molecule has 212 valence electrons. The Morgan fingerprint density at radius 2 is 1.73 bits per heavy atom. The first-order chi connectivity index (χ1) is 19.5. The van der Waals surface area contributed by atoms with Crippen molar-refractivity contribution in [3.8, 4) is 11.5 Å². The van der Waals surface area contributed by atoms with E-state index in [0.717, 1.165) is 23.0 Å². The number of rotatable bonds is 10. The van der Waals surface area contributed by atoms with Crippen molar-refractivity contribution < 1.29 is 42.9 Å². The van der Waals surface area contributed by atoms with Crippen molar-refractivity contribution in [2.24, 2.45) is 0 Å². The molecule has 41 heavy (non-hydrogen) atoms. The molecule has 2 aromatic heterocycles. The molecule has 0 radical (unpaired) electrons. The maximum atomic E-state index is 14.8. The molecule has 0 aliphatic rings. The Morgan fingerprint density at radius 1 is 0.976 bits per heavy atom. The lowest BCUT2D eigenvalue weighted by Gasteiger charge is -2.12. The van der Waals surface area contributed by atoms with Crippen LogP contribution < -0.4 is 20.7 Å². The predicted molar refractivity (Wildman–Crippen MR) is 146 cm³/mol. The average Bonchev–Trinajstić information content (AvgIpc) is 3.35. The van der Waals surface area contributed by atoms with Gasteiger partial charge in [0, 0.05) is 24.8 Å². The van der Waals surface area contributed by atoms with Crippen molar-refractivity contribution in [3.63, 3.8) is 0 Å². The molecule has 0 fully saturated rings. The summed E-state index contributed by atoms with van der Waals surface area (Å²) >= 11 is 0.950. The lowest BCUT2D eigenvalue weighted by atomic mass is 10.1. The number of pyridine rings is 1. The number of halogens is 2. The maximum absolute atomic E-state index is 14.8. The van der Waals surface area contributed by atoms with E-state index in [9.17, 15) is 33.1 Å². The Labute approximate surface area is 234 Å². The highest BCUT2D eigenvalue weighted by Crippen LogP contribution is 2.35. The third-order valence-electron chi connectivity index (χ3n) is 5.64. The van der Waals surface area contributed by atoms with E-state index in [4.69, 9.17) is 9.84 Å². The number of amides is 3. The van der Waals surface area contributed by atoms with E-state index in [2.05, 4.69) is 20.9 Å². The van der Waals surface area contributed by atoms with Crippen molar-refractivity contribution >= 4 is 56.8 Å². The van der Waals surface area contributed by atoms with E-state index in [-0.39, 0.29) is 34.2 Å². The van der Waals surface area contributed by atoms with Crippen LogP contribution >= 0.6 is 11.3 Å². The van der Waals surface area contributed by atoms with Crippen molar-refractivity contribution in [3.05, 3.63) is 76.8 Å². The number of hydrogen-bond acceptors (Lipinski definition) is 7. The van der Waals surface area contributed by atoms with Crippen molar-refractivity contribution in [1.82, 2.24) is 10.3 Å². The quantitative estimate of drug-likeness (QED) is 0.166. The number of carbonyl (C=O) groups is 4. The number of carboxylic acid groups (broad SMARTS) is 2. The minimum Gasteiger partial charge on any atom is -0.481 e. The molecule has 1 atom stereocenters. The van der Waals surface area contributed by atoms with Crippen LogP contribution in [0.2, 0.25) is 0 Å². The molecule has 5 N–H and O–H groups in total. The van der Waals surface area contributed by atoms with Crippen LogP contribution in [0.5, 0.6) is 11.5 Å². The van der Waals surface area contributed by atoms with E-state index in [1.165, 1.54) is 42.6 Å². The molecule has 3 amide bonds. The van der Waals surface area contributed by atoms with Gasteiger partial charge in [-0.1, -0.05) is 6.07 Å². The van der Waals surface area contributed by atoms with Gasteiger partial charge in [-0.05, 0) is 49.2 Å². The highest BCUT2D eigenvalue weighted by molar-refractivity contribution is 7.21. The molecule has 2 aromatic carbocycles. The fourth-order valence-corrected chi connectivity index (χ4v) is 4.63. The minimum atomic E-state index is -1.40. The van der Waals surface area contributed by atoms with E-state index in [1.54, 1.807) is 13.0 Å². The van der Waals surface area contributed by atoms with Crippen LogP contribution in [0, 0.1) is 18.6 Å². The monoisotopic (exact) mass is 584 g/mol. The molecule has 0 saturated heterocycles. The van der Waals surface area contributed by atoms with Gasteiger partial charge in [-0.2, -0.15) is 0 Å². The molecule has 0 aliphatic heterocycles. The summed E-state index contributed by atoms with van der Waals surface area (Å²) in [6.45, 7) is 1.73. The van der Waals surface area contributed by atoms with Gasteiger partial charge >= 0.3 is 18.0 Å². The van der Waals surface area contributed by atoms with Gasteiger partial charge in [0.2, 0.25) is 0 Å². The van der Waals surface area contributed by atoms with Gasteiger partial charge in [-0.25, -0.2) is 18.4 Å². The van der Waals surface area contributed by atoms with Gasteiger partial charge in [0.1, 0.15) is 29.2 Å². The summed E-state index contributed by atoms with van der Waals surface area (Å²) in [7, 11) is 0. The zero-order valence-corrected chi connectivity index (χ0v) is 22.1. The van der Waals surface area contributed by atoms with Gasteiger partial charge in [0.05, 0.1) is 26.5 Å². The smallest absolute Gasteiger partial charge is 0.326 e. The standard InChI is InChI=1S/C27H22F2N4O7S/c1-13-2-4-15(28)19(10-13)33-27(39)32-17-5-3-14(11-16(17)29)40-21-8-9-30-20-12-22(41-24(20)21)25(36)31-18(26(37)38)6-7-23(34)35/h2-5,8-12,18H,6-7H2,1H3,(H,31,36)(H,34,35)(H,37,38)(H2,32,33,39)/t18-/m0/s1. The Bertz CT molecular complexity index is 1660. The number of aliphatic carboxylic acids is 2. The fraction of sp³-hybridized carbons (Fsp3) is 0.148. The molecule has 11 nitrogen and oxygen atoms in total. The number of benzene rings is 2. The fourth-order valence-electron chi connectivity index (χ4n) is 3.66. The van der Waals surface area contributed by atoms with E-state index in [1.807, 2.05) is 0 Å². The molecule has 0 unspecified atom stereocenters. The largest absolute Gasteiger partial charge is 0.481 e. The van der Waals surface area contributed by atoms with Crippen molar-refractivity contribution in [2.75, 3.05) is 10.6 Å². The molecule has 0 saturated carbocycles. The molecular weight excluding hydrogens is 562 g/mol. The first kappa shape index (κ1) is 28.9. The summed E-state index contributed by atoms with van der Waals surface area (Å²) in [5.74, 6) is -4.49. The van der Waals surface area contributed by atoms with E-state index >= 15 is 0 Å². The molecule has 0 aliphatic carbocycles. The number of ether oxygens (including phenoxy) is 1. The highest BCUT2D eigenvalue weighted by Gasteiger charge is 2.23. The number of anilines is 2. The second-order valence-corrected chi connectivity index (χ2v) is 9.79. The van der Waals surface area contributed by atoms with Crippen LogP contribution in [-0.2, 0) is 9.59 Å². The van der Waals surface area contributed by atoms with Crippen LogP contribution in [0.4, 0.5) is 25.0 Å².